The highest BCUT2D eigenvalue weighted by Crippen LogP contribution is 2.27. The standard InChI is InChI=1S/C17H18N2O3/c1-12(20)18-15-11-14(8-9-16(15)22-2)19-17(21)10-13-6-4-3-5-7-13/h3-9,11H,10H2,1-2H3,(H,18,20)(H,19,21). The van der Waals surface area contributed by atoms with E-state index in [4.69, 9.17) is 4.74 Å². The number of rotatable bonds is 5. The highest BCUT2D eigenvalue weighted by Gasteiger charge is 2.08. The van der Waals surface area contributed by atoms with Gasteiger partial charge in [-0.3, -0.25) is 9.59 Å². The van der Waals surface area contributed by atoms with Crippen LogP contribution in [-0.2, 0) is 16.0 Å². The lowest BCUT2D eigenvalue weighted by atomic mass is 10.1. The third-order valence-corrected chi connectivity index (χ3v) is 3.00. The minimum Gasteiger partial charge on any atom is -0.495 e. The van der Waals surface area contributed by atoms with Gasteiger partial charge in [0.2, 0.25) is 11.8 Å². The smallest absolute Gasteiger partial charge is 0.228 e. The number of ether oxygens (including phenoxy) is 1. The summed E-state index contributed by atoms with van der Waals surface area (Å²) < 4.78 is 5.17. The molecule has 5 nitrogen and oxygen atoms in total. The van der Waals surface area contributed by atoms with E-state index in [0.29, 0.717) is 23.5 Å². The van der Waals surface area contributed by atoms with E-state index in [0.717, 1.165) is 5.56 Å². The molecule has 0 fully saturated rings. The fourth-order valence-electron chi connectivity index (χ4n) is 2.06. The molecule has 0 radical (unpaired) electrons. The fraction of sp³-hybridized carbons (Fsp3) is 0.176. The minimum absolute atomic E-state index is 0.120. The van der Waals surface area contributed by atoms with E-state index in [9.17, 15) is 9.59 Å². The second-order valence-corrected chi connectivity index (χ2v) is 4.81. The van der Waals surface area contributed by atoms with Crippen LogP contribution in [0.2, 0.25) is 0 Å². The molecule has 0 aliphatic carbocycles. The van der Waals surface area contributed by atoms with Crippen LogP contribution in [0.5, 0.6) is 5.75 Å². The molecule has 2 aromatic carbocycles. The molecule has 2 amide bonds. The summed E-state index contributed by atoms with van der Waals surface area (Å²) in [6, 6.07) is 14.6. The monoisotopic (exact) mass is 298 g/mol. The molecule has 114 valence electrons. The maximum absolute atomic E-state index is 12.0. The Hall–Kier alpha value is -2.82. The van der Waals surface area contributed by atoms with Gasteiger partial charge in [-0.2, -0.15) is 0 Å². The summed E-state index contributed by atoms with van der Waals surface area (Å²) in [5.41, 5.74) is 2.06. The molecule has 0 unspecified atom stereocenters. The van der Waals surface area contributed by atoms with Crippen LogP contribution in [0, 0.1) is 0 Å². The molecule has 0 bridgehead atoms. The molecule has 0 saturated carbocycles. The number of nitrogens with one attached hydrogen (secondary N) is 2. The Kier molecular flexibility index (Phi) is 5.14. The Morgan fingerprint density at radius 2 is 1.77 bits per heavy atom. The zero-order chi connectivity index (χ0) is 15.9. The average molecular weight is 298 g/mol. The number of hydrogen-bond acceptors (Lipinski definition) is 3. The summed E-state index contributed by atoms with van der Waals surface area (Å²) in [6.07, 6.45) is 0.294. The summed E-state index contributed by atoms with van der Waals surface area (Å²) >= 11 is 0. The minimum atomic E-state index is -0.203. The molecule has 2 aromatic rings. The number of amides is 2. The van der Waals surface area contributed by atoms with E-state index >= 15 is 0 Å². The average Bonchev–Trinajstić information content (AvgIpc) is 2.48. The lowest BCUT2D eigenvalue weighted by Crippen LogP contribution is -2.15. The molecule has 0 aliphatic rings. The molecular formula is C17H18N2O3. The van der Waals surface area contributed by atoms with Crippen LogP contribution in [0.25, 0.3) is 0 Å². The van der Waals surface area contributed by atoms with Crippen molar-refractivity contribution in [2.45, 2.75) is 13.3 Å². The van der Waals surface area contributed by atoms with E-state index in [1.807, 2.05) is 30.3 Å². The first-order chi connectivity index (χ1) is 10.6. The van der Waals surface area contributed by atoms with Crippen molar-refractivity contribution in [3.05, 3.63) is 54.1 Å². The first kappa shape index (κ1) is 15.6. The lowest BCUT2D eigenvalue weighted by Gasteiger charge is -2.12. The van der Waals surface area contributed by atoms with Gasteiger partial charge < -0.3 is 15.4 Å². The molecule has 0 heterocycles. The highest BCUT2D eigenvalue weighted by molar-refractivity contribution is 5.95. The van der Waals surface area contributed by atoms with E-state index in [1.165, 1.54) is 14.0 Å². The zero-order valence-corrected chi connectivity index (χ0v) is 12.6. The van der Waals surface area contributed by atoms with Crippen molar-refractivity contribution in [1.82, 2.24) is 0 Å². The Bertz CT molecular complexity index is 669. The van der Waals surface area contributed by atoms with Crippen molar-refractivity contribution in [2.75, 3.05) is 17.7 Å². The fourth-order valence-corrected chi connectivity index (χ4v) is 2.06. The van der Waals surface area contributed by atoms with E-state index in [2.05, 4.69) is 10.6 Å². The van der Waals surface area contributed by atoms with Crippen molar-refractivity contribution in [3.63, 3.8) is 0 Å². The van der Waals surface area contributed by atoms with Gasteiger partial charge in [-0.05, 0) is 23.8 Å². The van der Waals surface area contributed by atoms with Crippen LogP contribution >= 0.6 is 0 Å². The summed E-state index contributed by atoms with van der Waals surface area (Å²) in [4.78, 5) is 23.2. The quantitative estimate of drug-likeness (QED) is 0.892. The number of methoxy groups -OCH3 is 1. The maximum atomic E-state index is 12.0. The van der Waals surface area contributed by atoms with E-state index in [1.54, 1.807) is 18.2 Å². The lowest BCUT2D eigenvalue weighted by molar-refractivity contribution is -0.115. The van der Waals surface area contributed by atoms with Crippen LogP contribution in [0.1, 0.15) is 12.5 Å². The second-order valence-electron chi connectivity index (χ2n) is 4.81. The Morgan fingerprint density at radius 3 is 2.41 bits per heavy atom. The van der Waals surface area contributed by atoms with Crippen LogP contribution in [-0.4, -0.2) is 18.9 Å². The Balaban J connectivity index is 2.09. The summed E-state index contributed by atoms with van der Waals surface area (Å²) in [5, 5.41) is 5.48. The van der Waals surface area contributed by atoms with E-state index < -0.39 is 0 Å². The van der Waals surface area contributed by atoms with Crippen molar-refractivity contribution >= 4 is 23.2 Å². The molecule has 0 saturated heterocycles. The molecule has 22 heavy (non-hydrogen) atoms. The molecular weight excluding hydrogens is 280 g/mol. The number of hydrogen-bond donors (Lipinski definition) is 2. The first-order valence-electron chi connectivity index (χ1n) is 6.88. The summed E-state index contributed by atoms with van der Waals surface area (Å²) in [5.74, 6) is 0.215. The number of carbonyl (C=O) groups is 2. The van der Waals surface area contributed by atoms with Gasteiger partial charge in [-0.25, -0.2) is 0 Å². The van der Waals surface area contributed by atoms with Crippen molar-refractivity contribution in [1.29, 1.82) is 0 Å². The van der Waals surface area contributed by atoms with Gasteiger partial charge in [0.1, 0.15) is 5.75 Å². The molecule has 2 N–H and O–H groups in total. The van der Waals surface area contributed by atoms with Gasteiger partial charge in [0, 0.05) is 12.6 Å². The zero-order valence-electron chi connectivity index (χ0n) is 12.6. The second kappa shape index (κ2) is 7.26. The van der Waals surface area contributed by atoms with Gasteiger partial charge in [0.25, 0.3) is 0 Å². The number of benzene rings is 2. The van der Waals surface area contributed by atoms with Crippen LogP contribution in [0.15, 0.2) is 48.5 Å². The molecule has 0 aromatic heterocycles. The number of carbonyl (C=O) groups excluding carboxylic acids is 2. The third-order valence-electron chi connectivity index (χ3n) is 3.00. The van der Waals surface area contributed by atoms with Gasteiger partial charge >= 0.3 is 0 Å². The topological polar surface area (TPSA) is 67.4 Å². The van der Waals surface area contributed by atoms with Crippen molar-refractivity contribution < 1.29 is 14.3 Å². The predicted molar refractivity (Wildman–Crippen MR) is 86.1 cm³/mol. The SMILES string of the molecule is COc1ccc(NC(=O)Cc2ccccc2)cc1NC(C)=O. The maximum Gasteiger partial charge on any atom is 0.228 e. The van der Waals surface area contributed by atoms with Gasteiger partial charge in [0.15, 0.2) is 0 Å². The molecule has 5 heteroatoms. The largest absolute Gasteiger partial charge is 0.495 e. The van der Waals surface area contributed by atoms with Crippen LogP contribution in [0.3, 0.4) is 0 Å². The van der Waals surface area contributed by atoms with Crippen LogP contribution < -0.4 is 15.4 Å². The Labute approximate surface area is 129 Å². The van der Waals surface area contributed by atoms with Crippen molar-refractivity contribution in [3.8, 4) is 5.75 Å². The van der Waals surface area contributed by atoms with Crippen LogP contribution in [0.4, 0.5) is 11.4 Å². The number of anilines is 2. The summed E-state index contributed by atoms with van der Waals surface area (Å²) in [7, 11) is 1.52. The molecule has 0 atom stereocenters. The highest BCUT2D eigenvalue weighted by atomic mass is 16.5. The predicted octanol–water partition coefficient (Wildman–Crippen LogP) is 2.83. The van der Waals surface area contributed by atoms with Gasteiger partial charge in [0.05, 0.1) is 19.2 Å². The van der Waals surface area contributed by atoms with E-state index in [-0.39, 0.29) is 11.8 Å². The first-order valence-corrected chi connectivity index (χ1v) is 6.88. The van der Waals surface area contributed by atoms with Gasteiger partial charge in [-0.1, -0.05) is 30.3 Å². The molecule has 0 aliphatic heterocycles. The Morgan fingerprint density at radius 1 is 1.05 bits per heavy atom. The summed E-state index contributed by atoms with van der Waals surface area (Å²) in [6.45, 7) is 1.42. The van der Waals surface area contributed by atoms with Crippen molar-refractivity contribution in [2.24, 2.45) is 0 Å². The van der Waals surface area contributed by atoms with Gasteiger partial charge in [-0.15, -0.1) is 0 Å². The molecule has 2 rings (SSSR count). The molecule has 0 spiro atoms. The third kappa shape index (κ3) is 4.34. The normalized spacial score (nSPS) is 9.91.